The second-order valence-electron chi connectivity index (χ2n) is 2.83. The lowest BCUT2D eigenvalue weighted by atomic mass is 9.90. The Kier molecular flexibility index (Phi) is 2.25. The topological polar surface area (TPSA) is 0 Å². The molecule has 0 aromatic carbocycles. The van der Waals surface area contributed by atoms with Gasteiger partial charge in [-0.25, -0.2) is 4.39 Å². The summed E-state index contributed by atoms with van der Waals surface area (Å²) in [6.45, 7) is 4.16. The van der Waals surface area contributed by atoms with Gasteiger partial charge in [-0.1, -0.05) is 18.6 Å². The van der Waals surface area contributed by atoms with E-state index in [-0.39, 0.29) is 5.83 Å². The number of hydrogen-bond acceptors (Lipinski definition) is 0. The van der Waals surface area contributed by atoms with E-state index in [2.05, 4.69) is 13.8 Å². The zero-order valence-corrected chi connectivity index (χ0v) is 6.52. The Labute approximate surface area is 61.4 Å². The summed E-state index contributed by atoms with van der Waals surface area (Å²) >= 11 is 0. The minimum Gasteiger partial charge on any atom is -0.212 e. The fraction of sp³-hybridized carbons (Fsp3) is 0.556. The molecule has 0 bridgehead atoms. The first-order chi connectivity index (χ1) is 4.74. The van der Waals surface area contributed by atoms with Crippen LogP contribution in [0.25, 0.3) is 0 Å². The van der Waals surface area contributed by atoms with Crippen molar-refractivity contribution < 1.29 is 4.39 Å². The number of hydrogen-bond donors (Lipinski definition) is 0. The average molecular weight is 140 g/mol. The zero-order chi connectivity index (χ0) is 7.56. The normalized spacial score (nSPS) is 25.7. The standard InChI is InChI=1S/C9H13F/c1-3-8-6-9(10)5-4-7(8)2/h4-5,8H,3,6H2,1-2H3. The first-order valence-electron chi connectivity index (χ1n) is 3.77. The maximum atomic E-state index is 12.6. The van der Waals surface area contributed by atoms with Gasteiger partial charge >= 0.3 is 0 Å². The third kappa shape index (κ3) is 1.47. The van der Waals surface area contributed by atoms with Crippen LogP contribution in [-0.2, 0) is 0 Å². The third-order valence-electron chi connectivity index (χ3n) is 2.11. The summed E-state index contributed by atoms with van der Waals surface area (Å²) in [7, 11) is 0. The second kappa shape index (κ2) is 3.00. The van der Waals surface area contributed by atoms with Crippen molar-refractivity contribution in [1.82, 2.24) is 0 Å². The van der Waals surface area contributed by atoms with Gasteiger partial charge in [0.1, 0.15) is 5.83 Å². The van der Waals surface area contributed by atoms with E-state index in [0.29, 0.717) is 12.3 Å². The quantitative estimate of drug-likeness (QED) is 0.524. The van der Waals surface area contributed by atoms with Crippen molar-refractivity contribution in [3.8, 4) is 0 Å². The first-order valence-corrected chi connectivity index (χ1v) is 3.77. The van der Waals surface area contributed by atoms with E-state index in [1.807, 2.05) is 6.08 Å². The SMILES string of the molecule is CCC1CC(F)=CC=C1C. The molecule has 0 nitrogen and oxygen atoms in total. The van der Waals surface area contributed by atoms with E-state index in [4.69, 9.17) is 0 Å². The summed E-state index contributed by atoms with van der Waals surface area (Å²) in [4.78, 5) is 0. The Morgan fingerprint density at radius 1 is 1.60 bits per heavy atom. The highest BCUT2D eigenvalue weighted by molar-refractivity contribution is 5.21. The van der Waals surface area contributed by atoms with Crippen LogP contribution in [0.1, 0.15) is 26.7 Å². The van der Waals surface area contributed by atoms with Gasteiger partial charge in [0, 0.05) is 6.42 Å². The number of rotatable bonds is 1. The van der Waals surface area contributed by atoms with E-state index in [9.17, 15) is 4.39 Å². The molecule has 0 aromatic heterocycles. The van der Waals surface area contributed by atoms with Gasteiger partial charge in [0.15, 0.2) is 0 Å². The molecular formula is C9H13F. The van der Waals surface area contributed by atoms with Crippen molar-refractivity contribution >= 4 is 0 Å². The molecule has 0 fully saturated rings. The van der Waals surface area contributed by atoms with Crippen LogP contribution in [0.15, 0.2) is 23.6 Å². The van der Waals surface area contributed by atoms with E-state index in [1.54, 1.807) is 6.08 Å². The van der Waals surface area contributed by atoms with Crippen LogP contribution in [0.5, 0.6) is 0 Å². The fourth-order valence-electron chi connectivity index (χ4n) is 1.29. The molecular weight excluding hydrogens is 127 g/mol. The largest absolute Gasteiger partial charge is 0.212 e. The van der Waals surface area contributed by atoms with Crippen LogP contribution < -0.4 is 0 Å². The van der Waals surface area contributed by atoms with E-state index in [0.717, 1.165) is 6.42 Å². The molecule has 1 unspecified atom stereocenters. The number of halogens is 1. The van der Waals surface area contributed by atoms with Crippen molar-refractivity contribution in [3.05, 3.63) is 23.6 Å². The molecule has 1 aliphatic rings. The summed E-state index contributed by atoms with van der Waals surface area (Å²) in [6, 6.07) is 0. The Morgan fingerprint density at radius 2 is 2.30 bits per heavy atom. The molecule has 0 aliphatic heterocycles. The molecule has 1 heteroatoms. The zero-order valence-electron chi connectivity index (χ0n) is 6.52. The lowest BCUT2D eigenvalue weighted by Gasteiger charge is -2.17. The minimum absolute atomic E-state index is 0.0254. The molecule has 1 aliphatic carbocycles. The van der Waals surface area contributed by atoms with Gasteiger partial charge in [0.25, 0.3) is 0 Å². The molecule has 0 aromatic rings. The van der Waals surface area contributed by atoms with Gasteiger partial charge in [-0.2, -0.15) is 0 Å². The summed E-state index contributed by atoms with van der Waals surface area (Å²) in [5.41, 5.74) is 1.31. The molecule has 0 radical (unpaired) electrons. The van der Waals surface area contributed by atoms with Crippen molar-refractivity contribution in [2.75, 3.05) is 0 Å². The third-order valence-corrected chi connectivity index (χ3v) is 2.11. The van der Waals surface area contributed by atoms with E-state index < -0.39 is 0 Å². The summed E-state index contributed by atoms with van der Waals surface area (Å²) in [5, 5.41) is 0. The Morgan fingerprint density at radius 3 is 2.80 bits per heavy atom. The molecule has 1 atom stereocenters. The Balaban J connectivity index is 2.68. The highest BCUT2D eigenvalue weighted by atomic mass is 19.1. The molecule has 10 heavy (non-hydrogen) atoms. The smallest absolute Gasteiger partial charge is 0.101 e. The van der Waals surface area contributed by atoms with Gasteiger partial charge in [-0.05, 0) is 25.3 Å². The van der Waals surface area contributed by atoms with Gasteiger partial charge in [0.2, 0.25) is 0 Å². The lowest BCUT2D eigenvalue weighted by Crippen LogP contribution is -2.03. The maximum absolute atomic E-state index is 12.6. The van der Waals surface area contributed by atoms with Crippen LogP contribution in [0, 0.1) is 5.92 Å². The molecule has 0 heterocycles. The van der Waals surface area contributed by atoms with Gasteiger partial charge < -0.3 is 0 Å². The van der Waals surface area contributed by atoms with Crippen molar-refractivity contribution in [2.45, 2.75) is 26.7 Å². The highest BCUT2D eigenvalue weighted by Gasteiger charge is 2.13. The van der Waals surface area contributed by atoms with Crippen molar-refractivity contribution in [3.63, 3.8) is 0 Å². The number of allylic oxidation sites excluding steroid dienone is 4. The van der Waals surface area contributed by atoms with Crippen LogP contribution >= 0.6 is 0 Å². The molecule has 0 N–H and O–H groups in total. The summed E-state index contributed by atoms with van der Waals surface area (Å²) < 4.78 is 12.6. The molecule has 0 saturated heterocycles. The Bertz CT molecular complexity index is 177. The van der Waals surface area contributed by atoms with E-state index in [1.165, 1.54) is 5.57 Å². The molecule has 0 amide bonds. The minimum atomic E-state index is 0.0254. The predicted molar refractivity (Wildman–Crippen MR) is 41.3 cm³/mol. The first kappa shape index (κ1) is 7.52. The van der Waals surface area contributed by atoms with Crippen LogP contribution in [-0.4, -0.2) is 0 Å². The fourth-order valence-corrected chi connectivity index (χ4v) is 1.29. The average Bonchev–Trinajstić information content (AvgIpc) is 1.94. The van der Waals surface area contributed by atoms with E-state index >= 15 is 0 Å². The van der Waals surface area contributed by atoms with Crippen molar-refractivity contribution in [1.29, 1.82) is 0 Å². The maximum Gasteiger partial charge on any atom is 0.101 e. The summed E-state index contributed by atoms with van der Waals surface area (Å²) in [6.07, 6.45) is 5.11. The van der Waals surface area contributed by atoms with Crippen LogP contribution in [0.4, 0.5) is 4.39 Å². The molecule has 0 saturated carbocycles. The predicted octanol–water partition coefficient (Wildman–Crippen LogP) is 3.22. The van der Waals surface area contributed by atoms with Crippen LogP contribution in [0.3, 0.4) is 0 Å². The van der Waals surface area contributed by atoms with Crippen LogP contribution in [0.2, 0.25) is 0 Å². The van der Waals surface area contributed by atoms with Gasteiger partial charge in [-0.3, -0.25) is 0 Å². The van der Waals surface area contributed by atoms with Crippen molar-refractivity contribution in [2.24, 2.45) is 5.92 Å². The summed E-state index contributed by atoms with van der Waals surface area (Å²) in [5.74, 6) is 0.474. The molecule has 56 valence electrons. The molecule has 0 spiro atoms. The van der Waals surface area contributed by atoms with Gasteiger partial charge in [0.05, 0.1) is 0 Å². The molecule has 1 rings (SSSR count). The van der Waals surface area contributed by atoms with Gasteiger partial charge in [-0.15, -0.1) is 0 Å². The lowest BCUT2D eigenvalue weighted by molar-refractivity contribution is 0.486. The highest BCUT2D eigenvalue weighted by Crippen LogP contribution is 2.27. The second-order valence-corrected chi connectivity index (χ2v) is 2.83. The monoisotopic (exact) mass is 140 g/mol. The Hall–Kier alpha value is -0.590.